The van der Waals surface area contributed by atoms with Crippen molar-refractivity contribution in [2.24, 2.45) is 5.10 Å². The van der Waals surface area contributed by atoms with Crippen molar-refractivity contribution < 1.29 is 0 Å². The van der Waals surface area contributed by atoms with Crippen LogP contribution >= 0.6 is 0 Å². The van der Waals surface area contributed by atoms with Crippen LogP contribution in [0.5, 0.6) is 0 Å². The second-order valence-corrected chi connectivity index (χ2v) is 13.1. The first-order chi connectivity index (χ1) is 25.6. The van der Waals surface area contributed by atoms with Gasteiger partial charge in [0, 0.05) is 23.5 Å². The molecule has 9 rings (SSSR count). The summed E-state index contributed by atoms with van der Waals surface area (Å²) in [5.74, 6) is 0. The van der Waals surface area contributed by atoms with E-state index in [9.17, 15) is 0 Å². The minimum Gasteiger partial charge on any atom is -0.298 e. The molecule has 0 radical (unpaired) electrons. The lowest BCUT2D eigenvalue weighted by Gasteiger charge is -2.19. The molecule has 0 amide bonds. The smallest absolute Gasteiger partial charge is 0.110 e. The van der Waals surface area contributed by atoms with Crippen molar-refractivity contribution in [1.29, 1.82) is 5.41 Å². The molecule has 2 heterocycles. The van der Waals surface area contributed by atoms with Crippen LogP contribution in [-0.4, -0.2) is 21.4 Å². The highest BCUT2D eigenvalue weighted by Crippen LogP contribution is 2.44. The van der Waals surface area contributed by atoms with E-state index in [0.29, 0.717) is 22.7 Å². The average Bonchev–Trinajstić information content (AvgIpc) is 3.19. The first-order valence-corrected chi connectivity index (χ1v) is 17.3. The average molecular weight is 668 g/mol. The first kappa shape index (κ1) is 31.0. The third-order valence-corrected chi connectivity index (χ3v) is 9.70. The van der Waals surface area contributed by atoms with Crippen LogP contribution in [0.4, 0.5) is 5.69 Å². The van der Waals surface area contributed by atoms with E-state index >= 15 is 0 Å². The molecule has 2 N–H and O–H groups in total. The Morgan fingerprint density at radius 1 is 0.538 bits per heavy atom. The van der Waals surface area contributed by atoms with Crippen molar-refractivity contribution in [2.45, 2.75) is 6.92 Å². The molecule has 6 aromatic carbocycles. The standard InChI is InChI=1S/C47H33N5/c1-30-22-24-50-43(25-30)35-28-41(42-19-8-9-23-49-42)47(48)44(29-35)52-51-36-14-10-13-33(27-36)45-37-15-4-6-17-39(37)46(40-18-7-5-16-38(40)45)34-21-20-31-11-2-3-12-32(31)26-34/h2-29,48,51H,1H3/b48-47?,52-44-. The molecule has 0 atom stereocenters. The Hall–Kier alpha value is -6.98. The van der Waals surface area contributed by atoms with Crippen LogP contribution in [0.15, 0.2) is 175 Å². The molecule has 8 aromatic rings. The van der Waals surface area contributed by atoms with E-state index in [0.717, 1.165) is 28.1 Å². The third kappa shape index (κ3) is 5.64. The van der Waals surface area contributed by atoms with Gasteiger partial charge in [-0.05, 0) is 122 Å². The maximum absolute atomic E-state index is 9.15. The van der Waals surface area contributed by atoms with Gasteiger partial charge in [0.25, 0.3) is 0 Å². The van der Waals surface area contributed by atoms with Gasteiger partial charge in [-0.1, -0.05) is 103 Å². The van der Waals surface area contributed by atoms with Gasteiger partial charge in [-0.15, -0.1) is 0 Å². The summed E-state index contributed by atoms with van der Waals surface area (Å²) in [7, 11) is 0. The largest absolute Gasteiger partial charge is 0.298 e. The van der Waals surface area contributed by atoms with Crippen LogP contribution in [-0.2, 0) is 0 Å². The van der Waals surface area contributed by atoms with Gasteiger partial charge in [0.2, 0.25) is 0 Å². The number of fused-ring (bicyclic) bond motifs is 3. The van der Waals surface area contributed by atoms with Gasteiger partial charge in [0.15, 0.2) is 0 Å². The number of hydrogen-bond acceptors (Lipinski definition) is 5. The number of aryl methyl sites for hydroxylation is 1. The minimum atomic E-state index is 0.292. The number of benzene rings is 6. The van der Waals surface area contributed by atoms with Gasteiger partial charge in [0.1, 0.15) is 5.71 Å². The van der Waals surface area contributed by atoms with Crippen molar-refractivity contribution in [3.8, 4) is 22.3 Å². The summed E-state index contributed by atoms with van der Waals surface area (Å²) in [6, 6.07) is 50.8. The molecule has 246 valence electrons. The molecule has 0 unspecified atom stereocenters. The zero-order chi connectivity index (χ0) is 35.0. The SMILES string of the molecule is Cc1ccnc(C2=C/C(=N/Nc3cccc(-c4c5ccccc5c(-c5ccc6ccccc6c5)c5ccccc45)c3)C(=N)C(c3ccccn3)=C2)c1. The van der Waals surface area contributed by atoms with Crippen molar-refractivity contribution in [2.75, 3.05) is 5.43 Å². The highest BCUT2D eigenvalue weighted by molar-refractivity contribution is 6.62. The normalized spacial score (nSPS) is 13.8. The van der Waals surface area contributed by atoms with E-state index in [1.165, 1.54) is 49.0 Å². The van der Waals surface area contributed by atoms with Crippen molar-refractivity contribution >= 4 is 60.6 Å². The van der Waals surface area contributed by atoms with Crippen molar-refractivity contribution in [1.82, 2.24) is 9.97 Å². The number of allylic oxidation sites excluding steroid dienone is 4. The fourth-order valence-electron chi connectivity index (χ4n) is 7.25. The van der Waals surface area contributed by atoms with Crippen LogP contribution in [0, 0.1) is 12.3 Å². The number of rotatable bonds is 6. The molecule has 0 aliphatic heterocycles. The second-order valence-electron chi connectivity index (χ2n) is 13.1. The molecule has 0 bridgehead atoms. The monoisotopic (exact) mass is 667 g/mol. The summed E-state index contributed by atoms with van der Waals surface area (Å²) in [5, 5.41) is 21.2. The van der Waals surface area contributed by atoms with E-state index in [-0.39, 0.29) is 0 Å². The van der Waals surface area contributed by atoms with Crippen LogP contribution in [0.2, 0.25) is 0 Å². The highest BCUT2D eigenvalue weighted by Gasteiger charge is 2.22. The molecular weight excluding hydrogens is 635 g/mol. The highest BCUT2D eigenvalue weighted by atomic mass is 15.3. The maximum Gasteiger partial charge on any atom is 0.110 e. The zero-order valence-electron chi connectivity index (χ0n) is 28.5. The number of hydrazone groups is 1. The van der Waals surface area contributed by atoms with Gasteiger partial charge in [-0.25, -0.2) is 0 Å². The minimum absolute atomic E-state index is 0.292. The third-order valence-electron chi connectivity index (χ3n) is 9.70. The first-order valence-electron chi connectivity index (χ1n) is 17.3. The van der Waals surface area contributed by atoms with Gasteiger partial charge in [0.05, 0.1) is 22.8 Å². The molecule has 5 heteroatoms. The molecule has 5 nitrogen and oxygen atoms in total. The fraction of sp³-hybridized carbons (Fsp3) is 0.0213. The Morgan fingerprint density at radius 2 is 1.19 bits per heavy atom. The van der Waals surface area contributed by atoms with Crippen LogP contribution in [0.3, 0.4) is 0 Å². The van der Waals surface area contributed by atoms with E-state index in [2.05, 4.69) is 125 Å². The number of nitrogens with one attached hydrogen (secondary N) is 2. The van der Waals surface area contributed by atoms with Crippen LogP contribution in [0.1, 0.15) is 17.0 Å². The molecule has 0 saturated heterocycles. The number of aromatic nitrogens is 2. The predicted molar refractivity (Wildman–Crippen MR) is 218 cm³/mol. The molecular formula is C47H33N5. The molecule has 0 fully saturated rings. The van der Waals surface area contributed by atoms with Gasteiger partial charge in [-0.3, -0.25) is 20.8 Å². The number of anilines is 1. The van der Waals surface area contributed by atoms with E-state index in [4.69, 9.17) is 10.5 Å². The molecule has 52 heavy (non-hydrogen) atoms. The van der Waals surface area contributed by atoms with Gasteiger partial charge >= 0.3 is 0 Å². The summed E-state index contributed by atoms with van der Waals surface area (Å²) in [6.07, 6.45) is 7.44. The van der Waals surface area contributed by atoms with E-state index in [1.807, 2.05) is 61.7 Å². The number of pyridine rings is 2. The molecule has 0 saturated carbocycles. The summed E-state index contributed by atoms with van der Waals surface area (Å²) in [6.45, 7) is 2.05. The molecule has 2 aromatic heterocycles. The quantitative estimate of drug-likeness (QED) is 0.105. The molecule has 1 aliphatic carbocycles. The Kier molecular flexibility index (Phi) is 7.79. The fourth-order valence-corrected chi connectivity index (χ4v) is 7.25. The summed E-state index contributed by atoms with van der Waals surface area (Å²) in [5.41, 5.74) is 13.8. The van der Waals surface area contributed by atoms with Crippen LogP contribution < -0.4 is 5.43 Å². The van der Waals surface area contributed by atoms with Gasteiger partial charge in [-0.2, -0.15) is 5.10 Å². The number of nitrogens with zero attached hydrogens (tertiary/aromatic N) is 3. The maximum atomic E-state index is 9.15. The van der Waals surface area contributed by atoms with Gasteiger partial charge < -0.3 is 0 Å². The zero-order valence-corrected chi connectivity index (χ0v) is 28.5. The van der Waals surface area contributed by atoms with Crippen molar-refractivity contribution in [3.05, 3.63) is 187 Å². The second kappa shape index (κ2) is 13.0. The summed E-state index contributed by atoms with van der Waals surface area (Å²) < 4.78 is 0. The Bertz CT molecular complexity index is 2740. The number of hydrogen-bond donors (Lipinski definition) is 2. The summed E-state index contributed by atoms with van der Waals surface area (Å²) >= 11 is 0. The summed E-state index contributed by atoms with van der Waals surface area (Å²) in [4.78, 5) is 9.18. The lowest BCUT2D eigenvalue weighted by atomic mass is 9.85. The van der Waals surface area contributed by atoms with Crippen molar-refractivity contribution in [3.63, 3.8) is 0 Å². The molecule has 0 spiro atoms. The predicted octanol–water partition coefficient (Wildman–Crippen LogP) is 11.5. The Morgan fingerprint density at radius 3 is 1.88 bits per heavy atom. The van der Waals surface area contributed by atoms with E-state index < -0.39 is 0 Å². The lowest BCUT2D eigenvalue weighted by Crippen LogP contribution is -2.19. The molecule has 1 aliphatic rings. The Labute approximate surface area is 301 Å². The lowest BCUT2D eigenvalue weighted by molar-refractivity contribution is 1.24. The van der Waals surface area contributed by atoms with E-state index in [1.54, 1.807) is 6.20 Å². The Balaban J connectivity index is 1.14. The van der Waals surface area contributed by atoms with Crippen LogP contribution in [0.25, 0.3) is 65.7 Å². The topological polar surface area (TPSA) is 74.0 Å².